The van der Waals surface area contributed by atoms with Gasteiger partial charge in [0.15, 0.2) is 5.82 Å². The number of fused-ring (bicyclic) bond motifs is 1. The van der Waals surface area contributed by atoms with Gasteiger partial charge in [-0.1, -0.05) is 24.3 Å². The first-order chi connectivity index (χ1) is 9.95. The lowest BCUT2D eigenvalue weighted by Crippen LogP contribution is -2.07. The van der Waals surface area contributed by atoms with Gasteiger partial charge in [0.05, 0.1) is 17.6 Å². The number of halogens is 3. The number of rotatable bonds is 2. The van der Waals surface area contributed by atoms with E-state index in [1.54, 1.807) is 10.7 Å². The lowest BCUT2D eigenvalue weighted by molar-refractivity contribution is -0.137. The Kier molecular flexibility index (Phi) is 3.08. The van der Waals surface area contributed by atoms with Crippen molar-refractivity contribution in [3.05, 3.63) is 59.7 Å². The number of nitrogens with zero attached hydrogens (tertiary/aromatic N) is 2. The molecular formula is C15H12F3N3. The summed E-state index contributed by atoms with van der Waals surface area (Å²) in [6.07, 6.45) is -4.35. The molecule has 0 fully saturated rings. The van der Waals surface area contributed by atoms with Crippen molar-refractivity contribution in [3.8, 4) is 0 Å². The number of anilines is 1. The monoisotopic (exact) mass is 291 g/mol. The molecule has 0 radical (unpaired) electrons. The number of nitrogen functional groups attached to an aromatic ring is 1. The lowest BCUT2D eigenvalue weighted by atomic mass is 10.1. The molecule has 0 unspecified atom stereocenters. The predicted molar refractivity (Wildman–Crippen MR) is 74.7 cm³/mol. The van der Waals surface area contributed by atoms with Gasteiger partial charge in [0.25, 0.3) is 0 Å². The molecule has 21 heavy (non-hydrogen) atoms. The zero-order valence-electron chi connectivity index (χ0n) is 10.9. The molecular weight excluding hydrogens is 279 g/mol. The van der Waals surface area contributed by atoms with Crippen molar-refractivity contribution in [1.82, 2.24) is 9.78 Å². The van der Waals surface area contributed by atoms with Gasteiger partial charge in [-0.15, -0.1) is 0 Å². The molecule has 108 valence electrons. The molecule has 0 aliphatic rings. The quantitative estimate of drug-likeness (QED) is 0.782. The molecule has 0 saturated carbocycles. The van der Waals surface area contributed by atoms with Crippen LogP contribution in [-0.4, -0.2) is 9.78 Å². The summed E-state index contributed by atoms with van der Waals surface area (Å²) in [5.41, 5.74) is 6.48. The first kappa shape index (κ1) is 13.5. The molecule has 2 N–H and O–H groups in total. The van der Waals surface area contributed by atoms with Gasteiger partial charge in [0.1, 0.15) is 0 Å². The second-order valence-corrected chi connectivity index (χ2v) is 4.76. The molecule has 0 spiro atoms. The lowest BCUT2D eigenvalue weighted by Gasteiger charge is -2.09. The minimum Gasteiger partial charge on any atom is -0.382 e. The van der Waals surface area contributed by atoms with Crippen LogP contribution in [0.1, 0.15) is 11.1 Å². The van der Waals surface area contributed by atoms with Gasteiger partial charge in [0, 0.05) is 5.39 Å². The van der Waals surface area contributed by atoms with Crippen molar-refractivity contribution in [3.63, 3.8) is 0 Å². The van der Waals surface area contributed by atoms with E-state index in [1.807, 2.05) is 24.3 Å². The van der Waals surface area contributed by atoms with E-state index in [4.69, 9.17) is 5.73 Å². The summed E-state index contributed by atoms with van der Waals surface area (Å²) >= 11 is 0. The number of nitrogens with two attached hydrogens (primary N) is 1. The van der Waals surface area contributed by atoms with E-state index in [0.29, 0.717) is 11.4 Å². The molecule has 0 aliphatic carbocycles. The summed E-state index contributed by atoms with van der Waals surface area (Å²) in [5, 5.41) is 4.99. The van der Waals surface area contributed by atoms with Gasteiger partial charge in [0.2, 0.25) is 0 Å². The average molecular weight is 291 g/mol. The third-order valence-electron chi connectivity index (χ3n) is 3.27. The zero-order valence-corrected chi connectivity index (χ0v) is 10.9. The molecule has 0 aliphatic heterocycles. The molecule has 3 aromatic rings. The number of benzene rings is 2. The van der Waals surface area contributed by atoms with Gasteiger partial charge in [-0.3, -0.25) is 4.68 Å². The Balaban J connectivity index is 1.99. The summed E-state index contributed by atoms with van der Waals surface area (Å²) in [7, 11) is 0. The zero-order chi connectivity index (χ0) is 15.0. The van der Waals surface area contributed by atoms with Crippen LogP contribution in [0.4, 0.5) is 19.0 Å². The highest BCUT2D eigenvalue weighted by molar-refractivity contribution is 5.89. The van der Waals surface area contributed by atoms with Crippen LogP contribution in [0.2, 0.25) is 0 Å². The van der Waals surface area contributed by atoms with E-state index in [2.05, 4.69) is 5.10 Å². The SMILES string of the molecule is Nc1nn(Cc2cccc(C(F)(F)F)c2)c2ccccc12. The maximum atomic E-state index is 12.7. The molecule has 6 heteroatoms. The summed E-state index contributed by atoms with van der Waals surface area (Å²) in [5.74, 6) is 0.373. The molecule has 0 saturated heterocycles. The highest BCUT2D eigenvalue weighted by Gasteiger charge is 2.30. The Morgan fingerprint density at radius 1 is 1.05 bits per heavy atom. The average Bonchev–Trinajstić information content (AvgIpc) is 2.76. The standard InChI is InChI=1S/C15H12F3N3/c16-15(17,18)11-5-3-4-10(8-11)9-21-13-7-2-1-6-12(13)14(19)20-21/h1-8H,9H2,(H2,19,20). The van der Waals surface area contributed by atoms with Crippen molar-refractivity contribution < 1.29 is 13.2 Å². The van der Waals surface area contributed by atoms with E-state index in [0.717, 1.165) is 23.0 Å². The fraction of sp³-hybridized carbons (Fsp3) is 0.133. The van der Waals surface area contributed by atoms with Crippen LogP contribution in [0.25, 0.3) is 10.9 Å². The van der Waals surface area contributed by atoms with Gasteiger partial charge in [-0.05, 0) is 29.8 Å². The molecule has 2 aromatic carbocycles. The van der Waals surface area contributed by atoms with Gasteiger partial charge in [-0.25, -0.2) is 0 Å². The highest BCUT2D eigenvalue weighted by Crippen LogP contribution is 2.30. The Morgan fingerprint density at radius 2 is 1.81 bits per heavy atom. The van der Waals surface area contributed by atoms with Gasteiger partial charge < -0.3 is 5.73 Å². The predicted octanol–water partition coefficient (Wildman–Crippen LogP) is 3.69. The summed E-state index contributed by atoms with van der Waals surface area (Å²) in [6, 6.07) is 12.6. The van der Waals surface area contributed by atoms with Crippen LogP contribution in [-0.2, 0) is 12.7 Å². The number of para-hydroxylation sites is 1. The van der Waals surface area contributed by atoms with Gasteiger partial charge in [-0.2, -0.15) is 18.3 Å². The molecule has 0 bridgehead atoms. The number of aromatic nitrogens is 2. The second-order valence-electron chi connectivity index (χ2n) is 4.76. The van der Waals surface area contributed by atoms with Crippen LogP contribution < -0.4 is 5.73 Å². The van der Waals surface area contributed by atoms with Crippen LogP contribution in [0.3, 0.4) is 0 Å². The third kappa shape index (κ3) is 2.56. The van der Waals surface area contributed by atoms with Crippen molar-refractivity contribution in [1.29, 1.82) is 0 Å². The largest absolute Gasteiger partial charge is 0.416 e. The van der Waals surface area contributed by atoms with Crippen LogP contribution in [0.5, 0.6) is 0 Å². The summed E-state index contributed by atoms with van der Waals surface area (Å²) < 4.78 is 39.8. The van der Waals surface area contributed by atoms with Crippen molar-refractivity contribution in [2.24, 2.45) is 0 Å². The van der Waals surface area contributed by atoms with E-state index < -0.39 is 11.7 Å². The van der Waals surface area contributed by atoms with E-state index in [1.165, 1.54) is 6.07 Å². The molecule has 3 rings (SSSR count). The van der Waals surface area contributed by atoms with Crippen LogP contribution >= 0.6 is 0 Å². The number of hydrogen-bond donors (Lipinski definition) is 1. The number of alkyl halides is 3. The smallest absolute Gasteiger partial charge is 0.382 e. The molecule has 0 amide bonds. The first-order valence-electron chi connectivity index (χ1n) is 6.32. The molecule has 1 heterocycles. The minimum atomic E-state index is -4.35. The molecule has 3 nitrogen and oxygen atoms in total. The fourth-order valence-electron chi connectivity index (χ4n) is 2.29. The minimum absolute atomic E-state index is 0.238. The third-order valence-corrected chi connectivity index (χ3v) is 3.27. The normalized spacial score (nSPS) is 12.0. The summed E-state index contributed by atoms with van der Waals surface area (Å²) in [6.45, 7) is 0.238. The summed E-state index contributed by atoms with van der Waals surface area (Å²) in [4.78, 5) is 0. The van der Waals surface area contributed by atoms with Gasteiger partial charge >= 0.3 is 6.18 Å². The molecule has 1 aromatic heterocycles. The topological polar surface area (TPSA) is 43.8 Å². The van der Waals surface area contributed by atoms with E-state index in [9.17, 15) is 13.2 Å². The van der Waals surface area contributed by atoms with E-state index in [-0.39, 0.29) is 6.54 Å². The number of hydrogen-bond acceptors (Lipinski definition) is 2. The Bertz CT molecular complexity index is 790. The Hall–Kier alpha value is -2.50. The first-order valence-corrected chi connectivity index (χ1v) is 6.32. The Morgan fingerprint density at radius 3 is 2.57 bits per heavy atom. The second kappa shape index (κ2) is 4.80. The maximum absolute atomic E-state index is 12.7. The van der Waals surface area contributed by atoms with Crippen molar-refractivity contribution in [2.75, 3.05) is 5.73 Å². The van der Waals surface area contributed by atoms with E-state index >= 15 is 0 Å². The van der Waals surface area contributed by atoms with Crippen molar-refractivity contribution in [2.45, 2.75) is 12.7 Å². The molecule has 0 atom stereocenters. The maximum Gasteiger partial charge on any atom is 0.416 e. The van der Waals surface area contributed by atoms with Crippen LogP contribution in [0, 0.1) is 0 Å². The van der Waals surface area contributed by atoms with Crippen molar-refractivity contribution >= 4 is 16.7 Å². The van der Waals surface area contributed by atoms with Crippen LogP contribution in [0.15, 0.2) is 48.5 Å². The highest BCUT2D eigenvalue weighted by atomic mass is 19.4. The fourth-order valence-corrected chi connectivity index (χ4v) is 2.29. The Labute approximate surface area is 118 Å².